The van der Waals surface area contributed by atoms with E-state index >= 15 is 0 Å². The van der Waals surface area contributed by atoms with Crippen molar-refractivity contribution in [2.24, 2.45) is 0 Å². The highest BCUT2D eigenvalue weighted by Gasteiger charge is 2.33. The van der Waals surface area contributed by atoms with E-state index in [9.17, 15) is 13.8 Å². The number of Topliss-reactive ketones (excluding diaryl/α,β-unsaturated/α-hetero) is 1. The highest BCUT2D eigenvalue weighted by atomic mass is 31.2. The molecule has 0 radical (unpaired) electrons. The Morgan fingerprint density at radius 1 is 1.50 bits per heavy atom. The molecule has 2 atom stereocenters. The lowest BCUT2D eigenvalue weighted by Crippen LogP contribution is -2.33. The molecule has 0 aliphatic heterocycles. The van der Waals surface area contributed by atoms with Crippen LogP contribution in [0, 0.1) is 0 Å². The van der Waals surface area contributed by atoms with Crippen molar-refractivity contribution in [3.63, 3.8) is 0 Å². The molecular weight excluding hydrogens is 234 g/mol. The first-order valence-corrected chi connectivity index (χ1v) is 7.24. The van der Waals surface area contributed by atoms with Crippen molar-refractivity contribution >= 4 is 13.4 Å². The van der Waals surface area contributed by atoms with Gasteiger partial charge < -0.3 is 9.05 Å². The van der Waals surface area contributed by atoms with Crippen LogP contribution < -0.4 is 0 Å². The maximum absolute atomic E-state index is 13.8. The summed E-state index contributed by atoms with van der Waals surface area (Å²) in [4.78, 5) is 11.5. The monoisotopic (exact) mass is 254 g/mol. The third-order valence-corrected chi connectivity index (χ3v) is 3.60. The Kier molecular flexibility index (Phi) is 6.38. The second-order valence-electron chi connectivity index (χ2n) is 3.95. The standard InChI is InChI=1S/C10H20FO4P/c1-5-6-7-10(2,11)9(12)8-15-16(4,13)14-3/h5-8H2,1-4H3. The van der Waals surface area contributed by atoms with Crippen LogP contribution in [-0.2, 0) is 18.4 Å². The third kappa shape index (κ3) is 5.73. The van der Waals surface area contributed by atoms with Gasteiger partial charge in [-0.15, -0.1) is 0 Å². The number of halogens is 1. The van der Waals surface area contributed by atoms with Gasteiger partial charge in [0.2, 0.25) is 0 Å². The molecule has 4 nitrogen and oxygen atoms in total. The Bertz CT molecular complexity index is 278. The van der Waals surface area contributed by atoms with Crippen LogP contribution in [0.3, 0.4) is 0 Å². The lowest BCUT2D eigenvalue weighted by molar-refractivity contribution is -0.132. The quantitative estimate of drug-likeness (QED) is 0.625. The van der Waals surface area contributed by atoms with Gasteiger partial charge in [-0.05, 0) is 13.3 Å². The van der Waals surface area contributed by atoms with E-state index in [1.807, 2.05) is 6.92 Å². The van der Waals surface area contributed by atoms with Gasteiger partial charge in [-0.1, -0.05) is 19.8 Å². The maximum atomic E-state index is 13.8. The van der Waals surface area contributed by atoms with E-state index in [1.165, 1.54) is 20.7 Å². The van der Waals surface area contributed by atoms with E-state index in [4.69, 9.17) is 4.52 Å². The summed E-state index contributed by atoms with van der Waals surface area (Å²) in [5.74, 6) is -0.694. The highest BCUT2D eigenvalue weighted by Crippen LogP contribution is 2.42. The molecule has 0 aromatic heterocycles. The Morgan fingerprint density at radius 3 is 2.50 bits per heavy atom. The number of alkyl halides is 1. The zero-order chi connectivity index (χ0) is 12.8. The van der Waals surface area contributed by atoms with E-state index in [0.29, 0.717) is 6.42 Å². The molecule has 0 aromatic carbocycles. The fraction of sp³-hybridized carbons (Fsp3) is 0.900. The molecule has 0 saturated heterocycles. The van der Waals surface area contributed by atoms with Crippen LogP contribution in [0.5, 0.6) is 0 Å². The Morgan fingerprint density at radius 2 is 2.06 bits per heavy atom. The summed E-state index contributed by atoms with van der Waals surface area (Å²) < 4.78 is 34.4. The van der Waals surface area contributed by atoms with Gasteiger partial charge in [0.15, 0.2) is 11.5 Å². The fourth-order valence-corrected chi connectivity index (χ4v) is 1.48. The summed E-state index contributed by atoms with van der Waals surface area (Å²) >= 11 is 0. The number of hydrogen-bond acceptors (Lipinski definition) is 4. The summed E-state index contributed by atoms with van der Waals surface area (Å²) in [7, 11) is -1.99. The number of rotatable bonds is 8. The minimum atomic E-state index is -3.21. The van der Waals surface area contributed by atoms with Crippen molar-refractivity contribution in [1.29, 1.82) is 0 Å². The van der Waals surface area contributed by atoms with Gasteiger partial charge in [0.05, 0.1) is 0 Å². The maximum Gasteiger partial charge on any atom is 0.327 e. The first-order valence-electron chi connectivity index (χ1n) is 5.25. The largest absolute Gasteiger partial charge is 0.327 e. The van der Waals surface area contributed by atoms with Crippen molar-refractivity contribution < 1.29 is 22.8 Å². The zero-order valence-corrected chi connectivity index (χ0v) is 11.2. The van der Waals surface area contributed by atoms with Gasteiger partial charge in [-0.3, -0.25) is 9.36 Å². The van der Waals surface area contributed by atoms with Crippen LogP contribution in [0.4, 0.5) is 4.39 Å². The molecule has 0 fully saturated rings. The summed E-state index contributed by atoms with van der Waals surface area (Å²) in [6.07, 6.45) is 1.61. The average Bonchev–Trinajstić information content (AvgIpc) is 2.23. The second-order valence-corrected chi connectivity index (χ2v) is 6.12. The predicted molar refractivity (Wildman–Crippen MR) is 60.5 cm³/mol. The summed E-state index contributed by atoms with van der Waals surface area (Å²) in [5, 5.41) is 0. The van der Waals surface area contributed by atoms with Crippen molar-refractivity contribution in [3.05, 3.63) is 0 Å². The van der Waals surface area contributed by atoms with Gasteiger partial charge in [0, 0.05) is 13.8 Å². The molecule has 0 spiro atoms. The van der Waals surface area contributed by atoms with Gasteiger partial charge in [0.1, 0.15) is 6.61 Å². The minimum Gasteiger partial charge on any atom is -0.312 e. The van der Waals surface area contributed by atoms with E-state index in [2.05, 4.69) is 4.52 Å². The van der Waals surface area contributed by atoms with Gasteiger partial charge >= 0.3 is 7.60 Å². The SMILES string of the molecule is CCCCC(C)(F)C(=O)COP(C)(=O)OC. The smallest absolute Gasteiger partial charge is 0.312 e. The molecule has 0 aromatic rings. The van der Waals surface area contributed by atoms with E-state index < -0.39 is 25.7 Å². The van der Waals surface area contributed by atoms with Gasteiger partial charge in [-0.25, -0.2) is 4.39 Å². The molecule has 0 heterocycles. The van der Waals surface area contributed by atoms with Crippen LogP contribution in [0.1, 0.15) is 33.1 Å². The third-order valence-electron chi connectivity index (χ3n) is 2.34. The zero-order valence-electron chi connectivity index (χ0n) is 10.3. The molecule has 2 unspecified atom stereocenters. The molecule has 0 amide bonds. The molecular formula is C10H20FO4P. The van der Waals surface area contributed by atoms with Gasteiger partial charge in [-0.2, -0.15) is 0 Å². The fourth-order valence-electron chi connectivity index (χ4n) is 1.03. The van der Waals surface area contributed by atoms with Crippen LogP contribution in [0.25, 0.3) is 0 Å². The molecule has 0 N–H and O–H groups in total. The average molecular weight is 254 g/mol. The van der Waals surface area contributed by atoms with Gasteiger partial charge in [0.25, 0.3) is 0 Å². The molecule has 0 aliphatic carbocycles. The van der Waals surface area contributed by atoms with Crippen LogP contribution in [-0.4, -0.2) is 31.8 Å². The Hall–Kier alpha value is -0.250. The Labute approximate surface area is 96.0 Å². The molecule has 0 aliphatic rings. The summed E-state index contributed by atoms with van der Waals surface area (Å²) in [6.45, 7) is 3.87. The first-order chi connectivity index (χ1) is 7.25. The van der Waals surface area contributed by atoms with E-state index in [-0.39, 0.29) is 6.42 Å². The van der Waals surface area contributed by atoms with Crippen molar-refractivity contribution in [2.75, 3.05) is 20.4 Å². The molecule has 0 saturated carbocycles. The number of carbonyl (C=O) groups excluding carboxylic acids is 1. The van der Waals surface area contributed by atoms with Crippen molar-refractivity contribution in [1.82, 2.24) is 0 Å². The number of carbonyl (C=O) groups is 1. The second kappa shape index (κ2) is 6.48. The number of ketones is 1. The van der Waals surface area contributed by atoms with Crippen LogP contribution in [0.2, 0.25) is 0 Å². The first kappa shape index (κ1) is 15.8. The van der Waals surface area contributed by atoms with Crippen molar-refractivity contribution in [2.45, 2.75) is 38.8 Å². The Balaban J connectivity index is 4.20. The lowest BCUT2D eigenvalue weighted by Gasteiger charge is -2.19. The molecule has 0 rings (SSSR count). The topological polar surface area (TPSA) is 52.6 Å². The normalized spacial score (nSPS) is 18.8. The summed E-state index contributed by atoms with van der Waals surface area (Å²) in [5.41, 5.74) is -1.91. The number of unbranched alkanes of at least 4 members (excludes halogenated alkanes) is 1. The summed E-state index contributed by atoms with van der Waals surface area (Å²) in [6, 6.07) is 0. The van der Waals surface area contributed by atoms with E-state index in [0.717, 1.165) is 6.42 Å². The molecule has 16 heavy (non-hydrogen) atoms. The molecule has 6 heteroatoms. The molecule has 96 valence electrons. The minimum absolute atomic E-state index is 0.159. The highest BCUT2D eigenvalue weighted by molar-refractivity contribution is 7.52. The lowest BCUT2D eigenvalue weighted by atomic mass is 9.97. The van der Waals surface area contributed by atoms with Crippen LogP contribution >= 0.6 is 7.60 Å². The number of hydrogen-bond donors (Lipinski definition) is 0. The van der Waals surface area contributed by atoms with Crippen molar-refractivity contribution in [3.8, 4) is 0 Å². The van der Waals surface area contributed by atoms with E-state index in [1.54, 1.807) is 0 Å². The molecule has 0 bridgehead atoms. The van der Waals surface area contributed by atoms with Crippen LogP contribution in [0.15, 0.2) is 0 Å². The predicted octanol–water partition coefficient (Wildman–Crippen LogP) is 2.96.